The Morgan fingerprint density at radius 3 is 2.39 bits per heavy atom. The number of carboxylic acids is 1. The smallest absolute Gasteiger partial charge is 0.323 e. The van der Waals surface area contributed by atoms with Crippen LogP contribution in [0.15, 0.2) is 0 Å². The SMILES string of the molecule is CCN(CC(=O)O)C(=O)N(C)C1CCCCC1C. The summed E-state index contributed by atoms with van der Waals surface area (Å²) in [5.74, 6) is -0.466. The standard InChI is InChI=1S/C13H24N2O3/c1-4-15(9-12(16)17)13(18)14(3)11-8-6-5-7-10(11)2/h10-11H,4-9H2,1-3H3,(H,16,17). The van der Waals surface area contributed by atoms with E-state index in [1.54, 1.807) is 18.9 Å². The van der Waals surface area contributed by atoms with E-state index in [0.717, 1.165) is 19.3 Å². The fraction of sp³-hybridized carbons (Fsp3) is 0.846. The van der Waals surface area contributed by atoms with Gasteiger partial charge in [0.1, 0.15) is 6.54 Å². The van der Waals surface area contributed by atoms with E-state index in [1.807, 2.05) is 0 Å². The third kappa shape index (κ3) is 3.62. The predicted octanol–water partition coefficient (Wildman–Crippen LogP) is 2.02. The van der Waals surface area contributed by atoms with Crippen LogP contribution in [0.1, 0.15) is 39.5 Å². The molecule has 0 aromatic rings. The fourth-order valence-electron chi connectivity index (χ4n) is 2.71. The molecule has 5 nitrogen and oxygen atoms in total. The van der Waals surface area contributed by atoms with Gasteiger partial charge in [-0.1, -0.05) is 19.8 Å². The molecular weight excluding hydrogens is 232 g/mol. The average molecular weight is 256 g/mol. The molecule has 18 heavy (non-hydrogen) atoms. The van der Waals surface area contributed by atoms with Gasteiger partial charge in [-0.25, -0.2) is 4.79 Å². The topological polar surface area (TPSA) is 60.9 Å². The minimum absolute atomic E-state index is 0.168. The molecule has 0 aromatic heterocycles. The molecule has 1 rings (SSSR count). The maximum Gasteiger partial charge on any atom is 0.323 e. The van der Waals surface area contributed by atoms with E-state index in [0.29, 0.717) is 12.5 Å². The molecule has 0 radical (unpaired) electrons. The molecule has 1 N–H and O–H groups in total. The van der Waals surface area contributed by atoms with Gasteiger partial charge in [0, 0.05) is 19.6 Å². The first kappa shape index (κ1) is 14.8. The van der Waals surface area contributed by atoms with Crippen molar-refractivity contribution in [3.63, 3.8) is 0 Å². The Hall–Kier alpha value is -1.26. The van der Waals surface area contributed by atoms with Gasteiger partial charge in [-0.15, -0.1) is 0 Å². The lowest BCUT2D eigenvalue weighted by atomic mass is 9.85. The molecule has 1 saturated carbocycles. The minimum atomic E-state index is -0.963. The number of rotatable bonds is 4. The van der Waals surface area contributed by atoms with Gasteiger partial charge in [-0.2, -0.15) is 0 Å². The van der Waals surface area contributed by atoms with Gasteiger partial charge < -0.3 is 14.9 Å². The molecule has 104 valence electrons. The Morgan fingerprint density at radius 1 is 1.28 bits per heavy atom. The zero-order valence-corrected chi connectivity index (χ0v) is 11.6. The normalized spacial score (nSPS) is 23.5. The molecule has 0 bridgehead atoms. The second-order valence-electron chi connectivity index (χ2n) is 5.13. The van der Waals surface area contributed by atoms with Crippen molar-refractivity contribution in [1.82, 2.24) is 9.80 Å². The number of hydrogen-bond acceptors (Lipinski definition) is 2. The summed E-state index contributed by atoms with van der Waals surface area (Å²) < 4.78 is 0. The van der Waals surface area contributed by atoms with Crippen molar-refractivity contribution in [2.45, 2.75) is 45.6 Å². The molecule has 0 spiro atoms. The Balaban J connectivity index is 2.65. The number of urea groups is 1. The molecule has 0 aromatic carbocycles. The lowest BCUT2D eigenvalue weighted by Crippen LogP contribution is -2.50. The number of nitrogens with zero attached hydrogens (tertiary/aromatic N) is 2. The highest BCUT2D eigenvalue weighted by Gasteiger charge is 2.30. The summed E-state index contributed by atoms with van der Waals surface area (Å²) in [5.41, 5.74) is 0. The van der Waals surface area contributed by atoms with Crippen LogP contribution in [0.3, 0.4) is 0 Å². The summed E-state index contributed by atoms with van der Waals surface area (Å²) >= 11 is 0. The third-order valence-electron chi connectivity index (χ3n) is 3.84. The summed E-state index contributed by atoms with van der Waals surface area (Å²) in [6.45, 7) is 4.18. The Morgan fingerprint density at radius 2 is 1.89 bits per heavy atom. The van der Waals surface area contributed by atoms with E-state index in [2.05, 4.69) is 6.92 Å². The highest BCUT2D eigenvalue weighted by molar-refractivity contribution is 5.80. The number of hydrogen-bond donors (Lipinski definition) is 1. The van der Waals surface area contributed by atoms with Crippen LogP contribution < -0.4 is 0 Å². The first-order chi connectivity index (χ1) is 8.47. The van der Waals surface area contributed by atoms with E-state index < -0.39 is 5.97 Å². The van der Waals surface area contributed by atoms with Crippen molar-refractivity contribution in [2.24, 2.45) is 5.92 Å². The minimum Gasteiger partial charge on any atom is -0.480 e. The highest BCUT2D eigenvalue weighted by Crippen LogP contribution is 2.27. The van der Waals surface area contributed by atoms with Crippen LogP contribution in [0.2, 0.25) is 0 Å². The number of aliphatic carboxylic acids is 1. The summed E-state index contributed by atoms with van der Waals surface area (Å²) in [6.07, 6.45) is 4.55. The van der Waals surface area contributed by atoms with Gasteiger partial charge in [0.05, 0.1) is 0 Å². The van der Waals surface area contributed by atoms with Crippen molar-refractivity contribution in [3.8, 4) is 0 Å². The van der Waals surface area contributed by atoms with Gasteiger partial charge in [-0.05, 0) is 25.7 Å². The maximum absolute atomic E-state index is 12.2. The van der Waals surface area contributed by atoms with Crippen LogP contribution in [0, 0.1) is 5.92 Å². The average Bonchev–Trinajstić information content (AvgIpc) is 2.34. The summed E-state index contributed by atoms with van der Waals surface area (Å²) in [6, 6.07) is 0.0766. The first-order valence-electron chi connectivity index (χ1n) is 6.70. The fourth-order valence-corrected chi connectivity index (χ4v) is 2.71. The molecule has 1 aliphatic carbocycles. The van der Waals surface area contributed by atoms with Gasteiger partial charge in [0.2, 0.25) is 0 Å². The second-order valence-corrected chi connectivity index (χ2v) is 5.13. The van der Waals surface area contributed by atoms with Crippen LogP contribution in [0.25, 0.3) is 0 Å². The quantitative estimate of drug-likeness (QED) is 0.837. The molecule has 2 unspecified atom stereocenters. The largest absolute Gasteiger partial charge is 0.480 e. The van der Waals surface area contributed by atoms with Gasteiger partial charge in [0.15, 0.2) is 0 Å². The lowest BCUT2D eigenvalue weighted by molar-refractivity contribution is -0.137. The molecule has 1 aliphatic rings. The summed E-state index contributed by atoms with van der Waals surface area (Å²) in [4.78, 5) is 26.1. The van der Waals surface area contributed by atoms with Gasteiger partial charge >= 0.3 is 12.0 Å². The van der Waals surface area contributed by atoms with Crippen LogP contribution in [-0.2, 0) is 4.79 Å². The first-order valence-corrected chi connectivity index (χ1v) is 6.70. The van der Waals surface area contributed by atoms with Crippen LogP contribution in [0.5, 0.6) is 0 Å². The summed E-state index contributed by atoms with van der Waals surface area (Å²) in [7, 11) is 1.79. The van der Waals surface area contributed by atoms with Crippen molar-refractivity contribution in [1.29, 1.82) is 0 Å². The molecule has 5 heteroatoms. The monoisotopic (exact) mass is 256 g/mol. The molecule has 0 heterocycles. The third-order valence-corrected chi connectivity index (χ3v) is 3.84. The molecular formula is C13H24N2O3. The number of carboxylic acid groups (broad SMARTS) is 1. The van der Waals surface area contributed by atoms with Crippen LogP contribution in [-0.4, -0.2) is 53.1 Å². The number of likely N-dealkylation sites (N-methyl/N-ethyl adjacent to an activating group) is 1. The lowest BCUT2D eigenvalue weighted by Gasteiger charge is -2.38. The Labute approximate surface area is 109 Å². The van der Waals surface area contributed by atoms with Crippen molar-refractivity contribution in [2.75, 3.05) is 20.1 Å². The van der Waals surface area contributed by atoms with Gasteiger partial charge in [-0.3, -0.25) is 4.79 Å². The highest BCUT2D eigenvalue weighted by atomic mass is 16.4. The van der Waals surface area contributed by atoms with Crippen molar-refractivity contribution < 1.29 is 14.7 Å². The Bertz CT molecular complexity index is 307. The van der Waals surface area contributed by atoms with Crippen molar-refractivity contribution in [3.05, 3.63) is 0 Å². The van der Waals surface area contributed by atoms with E-state index in [-0.39, 0.29) is 18.6 Å². The molecule has 2 atom stereocenters. The number of amides is 2. The Kier molecular flexibility index (Phi) is 5.44. The number of carbonyl (C=O) groups is 2. The van der Waals surface area contributed by atoms with E-state index in [4.69, 9.17) is 5.11 Å². The van der Waals surface area contributed by atoms with Gasteiger partial charge in [0.25, 0.3) is 0 Å². The van der Waals surface area contributed by atoms with Crippen molar-refractivity contribution >= 4 is 12.0 Å². The second kappa shape index (κ2) is 6.61. The maximum atomic E-state index is 12.2. The molecule has 0 saturated heterocycles. The summed E-state index contributed by atoms with van der Waals surface area (Å²) in [5, 5.41) is 8.80. The number of carbonyl (C=O) groups excluding carboxylic acids is 1. The predicted molar refractivity (Wildman–Crippen MR) is 69.5 cm³/mol. The van der Waals surface area contributed by atoms with Crippen LogP contribution in [0.4, 0.5) is 4.79 Å². The molecule has 1 fully saturated rings. The zero-order valence-electron chi connectivity index (χ0n) is 11.6. The molecule has 0 aliphatic heterocycles. The van der Waals surface area contributed by atoms with E-state index in [1.165, 1.54) is 11.3 Å². The molecule has 2 amide bonds. The van der Waals surface area contributed by atoms with E-state index >= 15 is 0 Å². The zero-order chi connectivity index (χ0) is 13.7. The van der Waals surface area contributed by atoms with E-state index in [9.17, 15) is 9.59 Å². The van der Waals surface area contributed by atoms with Crippen LogP contribution >= 0.6 is 0 Å².